The molecule has 0 amide bonds. The number of H-pyrrole nitrogens is 1. The van der Waals surface area contributed by atoms with Crippen molar-refractivity contribution in [2.75, 3.05) is 13.2 Å². The maximum atomic E-state index is 11.7. The minimum Gasteiger partial charge on any atom is -0.367 e. The zero-order valence-corrected chi connectivity index (χ0v) is 9.57. The summed E-state index contributed by atoms with van der Waals surface area (Å²) in [5, 5.41) is 0. The number of rotatable bonds is 1. The van der Waals surface area contributed by atoms with Crippen LogP contribution in [0.5, 0.6) is 0 Å². The van der Waals surface area contributed by atoms with E-state index in [1.807, 2.05) is 0 Å². The summed E-state index contributed by atoms with van der Waals surface area (Å²) >= 11 is 0. The molecule has 0 atom stereocenters. The third-order valence-corrected chi connectivity index (χ3v) is 3.42. The lowest BCUT2D eigenvalue weighted by molar-refractivity contribution is -0.159. The van der Waals surface area contributed by atoms with Crippen molar-refractivity contribution in [1.82, 2.24) is 4.98 Å². The van der Waals surface area contributed by atoms with E-state index in [1.165, 1.54) is 0 Å². The third-order valence-electron chi connectivity index (χ3n) is 3.42. The molecular formula is C13H15NO3. The molecule has 0 unspecified atom stereocenters. The Morgan fingerprint density at radius 2 is 2.12 bits per heavy atom. The average molecular weight is 233 g/mol. The van der Waals surface area contributed by atoms with Crippen molar-refractivity contribution in [3.05, 3.63) is 40.3 Å². The van der Waals surface area contributed by atoms with E-state index in [2.05, 4.69) is 11.1 Å². The molecule has 4 nitrogen and oxygen atoms in total. The monoisotopic (exact) mass is 233 g/mol. The van der Waals surface area contributed by atoms with Crippen molar-refractivity contribution in [2.45, 2.75) is 25.0 Å². The predicted molar refractivity (Wildman–Crippen MR) is 63.5 cm³/mol. The first kappa shape index (κ1) is 10.7. The standard InChI is InChI=1S/C13H15NO3/c15-12-3-6-14-9-11(12)10-1-4-13(5-2-10)16-7-8-17-13/h1,3,6,9H,2,4-5,7-8H2,(H,14,15). The van der Waals surface area contributed by atoms with Crippen LogP contribution in [0.3, 0.4) is 0 Å². The van der Waals surface area contributed by atoms with Crippen LogP contribution in [-0.4, -0.2) is 24.0 Å². The normalized spacial score (nSPS) is 22.7. The third kappa shape index (κ3) is 1.94. The molecule has 1 aromatic rings. The Bertz CT molecular complexity index is 497. The highest BCUT2D eigenvalue weighted by Crippen LogP contribution is 2.37. The molecule has 2 aliphatic rings. The van der Waals surface area contributed by atoms with Gasteiger partial charge >= 0.3 is 0 Å². The van der Waals surface area contributed by atoms with Gasteiger partial charge in [-0.05, 0) is 12.0 Å². The zero-order valence-electron chi connectivity index (χ0n) is 9.57. The molecule has 0 bridgehead atoms. The number of allylic oxidation sites excluding steroid dienone is 1. The molecule has 1 fully saturated rings. The van der Waals surface area contributed by atoms with Gasteiger partial charge < -0.3 is 14.5 Å². The summed E-state index contributed by atoms with van der Waals surface area (Å²) in [5.41, 5.74) is 1.93. The van der Waals surface area contributed by atoms with E-state index in [4.69, 9.17) is 9.47 Å². The predicted octanol–water partition coefficient (Wildman–Crippen LogP) is 1.69. The number of pyridine rings is 1. The van der Waals surface area contributed by atoms with Gasteiger partial charge in [-0.1, -0.05) is 6.08 Å². The van der Waals surface area contributed by atoms with E-state index in [1.54, 1.807) is 18.5 Å². The lowest BCUT2D eigenvalue weighted by Gasteiger charge is -2.30. The van der Waals surface area contributed by atoms with Crippen molar-refractivity contribution >= 4 is 5.57 Å². The van der Waals surface area contributed by atoms with Crippen LogP contribution < -0.4 is 5.43 Å². The summed E-state index contributed by atoms with van der Waals surface area (Å²) < 4.78 is 11.3. The van der Waals surface area contributed by atoms with Crippen molar-refractivity contribution in [2.24, 2.45) is 0 Å². The van der Waals surface area contributed by atoms with Gasteiger partial charge in [0.1, 0.15) is 0 Å². The van der Waals surface area contributed by atoms with Gasteiger partial charge in [0.15, 0.2) is 11.2 Å². The van der Waals surface area contributed by atoms with Crippen LogP contribution in [0, 0.1) is 0 Å². The van der Waals surface area contributed by atoms with Gasteiger partial charge in [-0.3, -0.25) is 4.79 Å². The Balaban J connectivity index is 1.86. The van der Waals surface area contributed by atoms with Crippen LogP contribution in [-0.2, 0) is 9.47 Å². The SMILES string of the molecule is O=c1cc[nH]cc1C1=CCC2(CC1)OCCO2. The summed E-state index contributed by atoms with van der Waals surface area (Å²) in [6, 6.07) is 1.56. The molecule has 1 spiro atoms. The quantitative estimate of drug-likeness (QED) is 0.803. The molecule has 1 N–H and O–H groups in total. The Kier molecular flexibility index (Phi) is 2.61. The molecule has 4 heteroatoms. The zero-order chi connectivity index (χ0) is 11.7. The highest BCUT2D eigenvalue weighted by molar-refractivity contribution is 5.65. The largest absolute Gasteiger partial charge is 0.367 e. The van der Waals surface area contributed by atoms with Crippen LogP contribution in [0.15, 0.2) is 29.3 Å². The minimum absolute atomic E-state index is 0.0687. The summed E-state index contributed by atoms with van der Waals surface area (Å²) in [5.74, 6) is -0.412. The number of hydrogen-bond donors (Lipinski definition) is 1. The molecule has 1 saturated heterocycles. The first-order chi connectivity index (χ1) is 8.29. The van der Waals surface area contributed by atoms with Crippen LogP contribution in [0.25, 0.3) is 5.57 Å². The highest BCUT2D eigenvalue weighted by Gasteiger charge is 2.37. The fourth-order valence-electron chi connectivity index (χ4n) is 2.48. The second kappa shape index (κ2) is 4.13. The van der Waals surface area contributed by atoms with Gasteiger partial charge in [0, 0.05) is 36.9 Å². The number of ether oxygens (including phenoxy) is 2. The molecule has 1 aliphatic heterocycles. The maximum absolute atomic E-state index is 11.7. The first-order valence-electron chi connectivity index (χ1n) is 5.94. The maximum Gasteiger partial charge on any atom is 0.189 e. The fourth-order valence-corrected chi connectivity index (χ4v) is 2.48. The minimum atomic E-state index is -0.412. The highest BCUT2D eigenvalue weighted by atomic mass is 16.7. The van der Waals surface area contributed by atoms with Gasteiger partial charge in [-0.15, -0.1) is 0 Å². The van der Waals surface area contributed by atoms with Gasteiger partial charge in [0.05, 0.1) is 13.2 Å². The molecule has 1 aliphatic carbocycles. The summed E-state index contributed by atoms with van der Waals surface area (Å²) in [6.45, 7) is 1.35. The number of hydrogen-bond acceptors (Lipinski definition) is 3. The Labute approximate surface area is 99.3 Å². The summed E-state index contributed by atoms with van der Waals surface area (Å²) in [4.78, 5) is 14.7. The second-order valence-electron chi connectivity index (χ2n) is 4.46. The lowest BCUT2D eigenvalue weighted by atomic mass is 9.90. The molecule has 0 saturated carbocycles. The first-order valence-corrected chi connectivity index (χ1v) is 5.94. The molecule has 0 radical (unpaired) electrons. The van der Waals surface area contributed by atoms with E-state index < -0.39 is 5.79 Å². The summed E-state index contributed by atoms with van der Waals surface area (Å²) in [7, 11) is 0. The molecular weight excluding hydrogens is 218 g/mol. The van der Waals surface area contributed by atoms with Gasteiger partial charge in [-0.25, -0.2) is 0 Å². The van der Waals surface area contributed by atoms with Crippen molar-refractivity contribution in [3.8, 4) is 0 Å². The number of aromatic amines is 1. The van der Waals surface area contributed by atoms with Crippen molar-refractivity contribution < 1.29 is 9.47 Å². The van der Waals surface area contributed by atoms with Gasteiger partial charge in [-0.2, -0.15) is 0 Å². The lowest BCUT2D eigenvalue weighted by Crippen LogP contribution is -2.31. The molecule has 0 aromatic carbocycles. The Morgan fingerprint density at radius 1 is 1.29 bits per heavy atom. The van der Waals surface area contributed by atoms with E-state index in [0.29, 0.717) is 13.2 Å². The second-order valence-corrected chi connectivity index (χ2v) is 4.46. The van der Waals surface area contributed by atoms with Crippen LogP contribution in [0.4, 0.5) is 0 Å². The van der Waals surface area contributed by atoms with Crippen molar-refractivity contribution in [3.63, 3.8) is 0 Å². The molecule has 90 valence electrons. The van der Waals surface area contributed by atoms with Gasteiger partial charge in [0.25, 0.3) is 0 Å². The smallest absolute Gasteiger partial charge is 0.189 e. The van der Waals surface area contributed by atoms with Crippen LogP contribution in [0.1, 0.15) is 24.8 Å². The van der Waals surface area contributed by atoms with E-state index >= 15 is 0 Å². The Hall–Kier alpha value is -1.39. The Morgan fingerprint density at radius 3 is 2.76 bits per heavy atom. The van der Waals surface area contributed by atoms with Crippen molar-refractivity contribution in [1.29, 1.82) is 0 Å². The number of aromatic nitrogens is 1. The van der Waals surface area contributed by atoms with Crippen LogP contribution in [0.2, 0.25) is 0 Å². The van der Waals surface area contributed by atoms with E-state index in [0.717, 1.165) is 30.4 Å². The van der Waals surface area contributed by atoms with Crippen LogP contribution >= 0.6 is 0 Å². The van der Waals surface area contributed by atoms with E-state index in [9.17, 15) is 4.79 Å². The molecule has 2 heterocycles. The van der Waals surface area contributed by atoms with Gasteiger partial charge in [0.2, 0.25) is 0 Å². The summed E-state index contributed by atoms with van der Waals surface area (Å²) in [6.07, 6.45) is 7.87. The number of nitrogens with one attached hydrogen (secondary N) is 1. The topological polar surface area (TPSA) is 51.3 Å². The van der Waals surface area contributed by atoms with E-state index in [-0.39, 0.29) is 5.43 Å². The molecule has 3 rings (SSSR count). The average Bonchev–Trinajstić information content (AvgIpc) is 2.80. The fraction of sp³-hybridized carbons (Fsp3) is 0.462. The molecule has 1 aromatic heterocycles. The molecule has 17 heavy (non-hydrogen) atoms.